The maximum Gasteiger partial charge on any atom is 0.122 e. The van der Waals surface area contributed by atoms with Gasteiger partial charge < -0.3 is 10.5 Å². The van der Waals surface area contributed by atoms with Gasteiger partial charge in [-0.15, -0.1) is 0 Å². The zero-order valence-corrected chi connectivity index (χ0v) is 13.1. The van der Waals surface area contributed by atoms with E-state index in [0.717, 1.165) is 29.4 Å². The Hall–Kier alpha value is -1.61. The summed E-state index contributed by atoms with van der Waals surface area (Å²) in [6.45, 7) is 7.07. The van der Waals surface area contributed by atoms with Gasteiger partial charge in [0.25, 0.3) is 0 Å². The van der Waals surface area contributed by atoms with E-state index in [0.29, 0.717) is 0 Å². The summed E-state index contributed by atoms with van der Waals surface area (Å²) < 4.78 is 5.66. The highest BCUT2D eigenvalue weighted by atomic mass is 32.2. The van der Waals surface area contributed by atoms with Gasteiger partial charge in [0.05, 0.1) is 6.61 Å². The molecular formula is C17H21NOS. The van der Waals surface area contributed by atoms with Crippen LogP contribution in [0.2, 0.25) is 0 Å². The maximum absolute atomic E-state index is 5.95. The fraction of sp³-hybridized carbons (Fsp3) is 0.294. The lowest BCUT2D eigenvalue weighted by molar-refractivity contribution is 0.317. The first-order valence-electron chi connectivity index (χ1n) is 6.87. The molecule has 2 aromatic rings. The van der Waals surface area contributed by atoms with E-state index in [2.05, 4.69) is 39.0 Å². The summed E-state index contributed by atoms with van der Waals surface area (Å²) in [4.78, 5) is 2.33. The standard InChI is InChI=1S/C17H21NOS/c1-4-7-19-15-9-14(18)10-17(11-15)20-16-6-5-12(2)13(3)8-16/h5-6,8-11H,4,7,18H2,1-3H3. The van der Waals surface area contributed by atoms with E-state index in [1.807, 2.05) is 18.2 Å². The third-order valence-corrected chi connectivity index (χ3v) is 4.05. The number of hydrogen-bond donors (Lipinski definition) is 1. The number of nitrogens with two attached hydrogens (primary N) is 1. The van der Waals surface area contributed by atoms with Crippen LogP contribution in [0, 0.1) is 13.8 Å². The molecule has 2 nitrogen and oxygen atoms in total. The van der Waals surface area contributed by atoms with Crippen LogP contribution in [-0.4, -0.2) is 6.61 Å². The summed E-state index contributed by atoms with van der Waals surface area (Å²) in [5.41, 5.74) is 9.31. The summed E-state index contributed by atoms with van der Waals surface area (Å²) in [5.74, 6) is 0.846. The Balaban J connectivity index is 2.19. The number of anilines is 1. The quantitative estimate of drug-likeness (QED) is 0.800. The van der Waals surface area contributed by atoms with Gasteiger partial charge in [0, 0.05) is 21.5 Å². The molecule has 0 heterocycles. The molecular weight excluding hydrogens is 266 g/mol. The molecule has 0 aliphatic rings. The minimum atomic E-state index is 0.719. The smallest absolute Gasteiger partial charge is 0.122 e. The maximum atomic E-state index is 5.95. The van der Waals surface area contributed by atoms with Crippen molar-refractivity contribution < 1.29 is 4.74 Å². The molecule has 0 spiro atoms. The molecule has 20 heavy (non-hydrogen) atoms. The van der Waals surface area contributed by atoms with Crippen molar-refractivity contribution in [2.24, 2.45) is 0 Å². The average Bonchev–Trinajstić information content (AvgIpc) is 2.40. The van der Waals surface area contributed by atoms with Gasteiger partial charge in [0.2, 0.25) is 0 Å². The van der Waals surface area contributed by atoms with Crippen molar-refractivity contribution >= 4 is 17.4 Å². The van der Waals surface area contributed by atoms with Crippen molar-refractivity contribution in [3.63, 3.8) is 0 Å². The van der Waals surface area contributed by atoms with Gasteiger partial charge in [-0.25, -0.2) is 0 Å². The van der Waals surface area contributed by atoms with Gasteiger partial charge >= 0.3 is 0 Å². The lowest BCUT2D eigenvalue weighted by Crippen LogP contribution is -1.96. The highest BCUT2D eigenvalue weighted by molar-refractivity contribution is 7.99. The molecule has 106 valence electrons. The summed E-state index contributed by atoms with van der Waals surface area (Å²) in [6, 6.07) is 12.4. The Kier molecular flexibility index (Phi) is 4.96. The minimum Gasteiger partial charge on any atom is -0.493 e. The fourth-order valence-corrected chi connectivity index (χ4v) is 2.88. The largest absolute Gasteiger partial charge is 0.493 e. The molecule has 0 aliphatic heterocycles. The van der Waals surface area contributed by atoms with Crippen molar-refractivity contribution in [2.45, 2.75) is 37.0 Å². The molecule has 0 aromatic heterocycles. The second kappa shape index (κ2) is 6.71. The Labute approximate surface area is 125 Å². The first-order valence-corrected chi connectivity index (χ1v) is 7.68. The number of benzene rings is 2. The van der Waals surface area contributed by atoms with Crippen LogP contribution in [0.3, 0.4) is 0 Å². The van der Waals surface area contributed by atoms with Crippen LogP contribution in [0.1, 0.15) is 24.5 Å². The van der Waals surface area contributed by atoms with Crippen molar-refractivity contribution in [1.29, 1.82) is 0 Å². The molecule has 2 aromatic carbocycles. The molecule has 0 unspecified atom stereocenters. The molecule has 0 saturated heterocycles. The molecule has 0 atom stereocenters. The van der Waals surface area contributed by atoms with Gasteiger partial charge in [-0.3, -0.25) is 0 Å². The average molecular weight is 287 g/mol. The van der Waals surface area contributed by atoms with E-state index in [1.54, 1.807) is 11.8 Å². The third-order valence-electron chi connectivity index (χ3n) is 3.09. The van der Waals surface area contributed by atoms with E-state index in [-0.39, 0.29) is 0 Å². The van der Waals surface area contributed by atoms with E-state index in [4.69, 9.17) is 10.5 Å². The number of nitrogen functional groups attached to an aromatic ring is 1. The summed E-state index contributed by atoms with van der Waals surface area (Å²) in [5, 5.41) is 0. The SMILES string of the molecule is CCCOc1cc(N)cc(Sc2ccc(C)c(C)c2)c1. The molecule has 2 N–H and O–H groups in total. The number of ether oxygens (including phenoxy) is 1. The lowest BCUT2D eigenvalue weighted by Gasteiger charge is -2.09. The highest BCUT2D eigenvalue weighted by Gasteiger charge is 2.04. The van der Waals surface area contributed by atoms with Crippen molar-refractivity contribution in [1.82, 2.24) is 0 Å². The van der Waals surface area contributed by atoms with E-state index in [9.17, 15) is 0 Å². The van der Waals surface area contributed by atoms with Gasteiger partial charge in [-0.2, -0.15) is 0 Å². The van der Waals surface area contributed by atoms with Crippen molar-refractivity contribution in [3.05, 3.63) is 47.5 Å². The van der Waals surface area contributed by atoms with E-state index < -0.39 is 0 Å². The van der Waals surface area contributed by atoms with Gasteiger partial charge in [0.15, 0.2) is 0 Å². The highest BCUT2D eigenvalue weighted by Crippen LogP contribution is 2.33. The van der Waals surface area contributed by atoms with E-state index in [1.165, 1.54) is 16.0 Å². The van der Waals surface area contributed by atoms with Crippen LogP contribution in [-0.2, 0) is 0 Å². The van der Waals surface area contributed by atoms with E-state index >= 15 is 0 Å². The predicted molar refractivity (Wildman–Crippen MR) is 86.7 cm³/mol. The predicted octanol–water partition coefficient (Wildman–Crippen LogP) is 4.83. The van der Waals surface area contributed by atoms with Gasteiger partial charge in [0.1, 0.15) is 5.75 Å². The van der Waals surface area contributed by atoms with Gasteiger partial charge in [-0.05, 0) is 55.7 Å². The second-order valence-corrected chi connectivity index (χ2v) is 6.08. The molecule has 0 fully saturated rings. The van der Waals surface area contributed by atoms with Crippen LogP contribution in [0.4, 0.5) is 5.69 Å². The number of hydrogen-bond acceptors (Lipinski definition) is 3. The normalized spacial score (nSPS) is 10.6. The molecule has 0 saturated carbocycles. The third kappa shape index (κ3) is 3.94. The Morgan fingerprint density at radius 2 is 1.80 bits per heavy atom. The monoisotopic (exact) mass is 287 g/mol. The first kappa shape index (κ1) is 14.8. The van der Waals surface area contributed by atoms with Crippen LogP contribution in [0.25, 0.3) is 0 Å². The molecule has 0 radical (unpaired) electrons. The van der Waals surface area contributed by atoms with Crippen LogP contribution in [0.15, 0.2) is 46.2 Å². The number of aryl methyl sites for hydroxylation is 2. The zero-order valence-electron chi connectivity index (χ0n) is 12.3. The van der Waals surface area contributed by atoms with Crippen molar-refractivity contribution in [3.8, 4) is 5.75 Å². The lowest BCUT2D eigenvalue weighted by atomic mass is 10.1. The summed E-state index contributed by atoms with van der Waals surface area (Å²) >= 11 is 1.71. The molecule has 0 bridgehead atoms. The number of rotatable bonds is 5. The summed E-state index contributed by atoms with van der Waals surface area (Å²) in [7, 11) is 0. The zero-order chi connectivity index (χ0) is 14.5. The molecule has 2 rings (SSSR count). The first-order chi connectivity index (χ1) is 9.58. The second-order valence-electron chi connectivity index (χ2n) is 4.93. The van der Waals surface area contributed by atoms with Crippen LogP contribution in [0.5, 0.6) is 5.75 Å². The topological polar surface area (TPSA) is 35.2 Å². The fourth-order valence-electron chi connectivity index (χ4n) is 1.87. The Morgan fingerprint density at radius 3 is 2.50 bits per heavy atom. The Morgan fingerprint density at radius 1 is 1.00 bits per heavy atom. The van der Waals surface area contributed by atoms with Crippen molar-refractivity contribution in [2.75, 3.05) is 12.3 Å². The molecule has 0 aliphatic carbocycles. The van der Waals surface area contributed by atoms with Crippen LogP contribution >= 0.6 is 11.8 Å². The van der Waals surface area contributed by atoms with Crippen LogP contribution < -0.4 is 10.5 Å². The van der Waals surface area contributed by atoms with Gasteiger partial charge in [-0.1, -0.05) is 24.8 Å². The molecule has 3 heteroatoms. The minimum absolute atomic E-state index is 0.719. The molecule has 0 amide bonds. The Bertz CT molecular complexity index is 596. The summed E-state index contributed by atoms with van der Waals surface area (Å²) in [6.07, 6.45) is 0.994.